The SMILES string of the molecule is CC(=O)OCC(COC(C)=O)OC(=O)CC(C)CC(=O)OC(C)n1ccc2c(N(C)[C@H]3CN(C(=O)CC#N)CC[C@H]3C)ncnc21. The van der Waals surface area contributed by atoms with Crippen LogP contribution in [0.4, 0.5) is 5.82 Å². The van der Waals surface area contributed by atoms with Crippen LogP contribution in [-0.4, -0.2) is 94.7 Å². The first-order valence-corrected chi connectivity index (χ1v) is 15.1. The van der Waals surface area contributed by atoms with Crippen molar-refractivity contribution in [2.75, 3.05) is 38.3 Å². The number of carbonyl (C=O) groups excluding carboxylic acids is 5. The molecule has 0 N–H and O–H groups in total. The van der Waals surface area contributed by atoms with E-state index in [-0.39, 0.29) is 50.3 Å². The van der Waals surface area contributed by atoms with Crippen molar-refractivity contribution in [2.24, 2.45) is 11.8 Å². The highest BCUT2D eigenvalue weighted by molar-refractivity contribution is 5.88. The van der Waals surface area contributed by atoms with Crippen molar-refractivity contribution in [3.63, 3.8) is 0 Å². The highest BCUT2D eigenvalue weighted by Crippen LogP contribution is 2.31. The molecule has 46 heavy (non-hydrogen) atoms. The number of esters is 4. The molecule has 1 fully saturated rings. The molecule has 3 rings (SSSR count). The van der Waals surface area contributed by atoms with E-state index < -0.39 is 42.1 Å². The third-order valence-electron chi connectivity index (χ3n) is 7.79. The van der Waals surface area contributed by atoms with Crippen molar-refractivity contribution in [2.45, 2.75) is 78.7 Å². The van der Waals surface area contributed by atoms with Gasteiger partial charge in [0.15, 0.2) is 12.3 Å². The fraction of sp³-hybridized carbons (Fsp3) is 0.613. The monoisotopic (exact) mass is 642 g/mol. The second-order valence-corrected chi connectivity index (χ2v) is 11.6. The van der Waals surface area contributed by atoms with Gasteiger partial charge < -0.3 is 28.7 Å². The van der Waals surface area contributed by atoms with Crippen LogP contribution in [0.5, 0.6) is 0 Å². The molecule has 0 spiro atoms. The Balaban J connectivity index is 1.61. The molecule has 4 atom stereocenters. The number of carbonyl (C=O) groups is 5. The smallest absolute Gasteiger partial charge is 0.307 e. The van der Waals surface area contributed by atoms with Crippen LogP contribution in [-0.2, 0) is 42.9 Å². The molecule has 15 nitrogen and oxygen atoms in total. The van der Waals surface area contributed by atoms with Crippen LogP contribution in [0.25, 0.3) is 11.0 Å². The van der Waals surface area contributed by atoms with Crippen LogP contribution in [0.1, 0.15) is 66.5 Å². The van der Waals surface area contributed by atoms with Gasteiger partial charge in [0, 0.05) is 53.0 Å². The first kappa shape index (κ1) is 35.7. The molecule has 0 aliphatic carbocycles. The number of amides is 1. The van der Waals surface area contributed by atoms with Gasteiger partial charge in [-0.2, -0.15) is 5.26 Å². The predicted octanol–water partition coefficient (Wildman–Crippen LogP) is 2.53. The lowest BCUT2D eigenvalue weighted by Crippen LogP contribution is -2.52. The van der Waals surface area contributed by atoms with Crippen LogP contribution >= 0.6 is 0 Å². The standard InChI is InChI=1S/C31H42N6O9/c1-19(14-29(42)46-24(16-43-22(4)38)17-44-23(5)39)13-28(41)45-21(3)37-12-9-25-30(33-18-34-31(25)37)35(6)26-15-36(11-8-20(26)2)27(40)7-10-32/h9,12,18-21,24,26H,7-8,11,13-17H2,1-6H3/t19?,20-,21?,26+/m1/s1. The average molecular weight is 643 g/mol. The summed E-state index contributed by atoms with van der Waals surface area (Å²) < 4.78 is 22.4. The van der Waals surface area contributed by atoms with Crippen molar-refractivity contribution in [3.8, 4) is 6.07 Å². The van der Waals surface area contributed by atoms with Gasteiger partial charge in [-0.15, -0.1) is 0 Å². The van der Waals surface area contributed by atoms with Crippen LogP contribution in [0.15, 0.2) is 18.6 Å². The predicted molar refractivity (Wildman–Crippen MR) is 163 cm³/mol. The number of rotatable bonds is 14. The second-order valence-electron chi connectivity index (χ2n) is 11.6. The van der Waals surface area contributed by atoms with Crippen molar-refractivity contribution >= 4 is 46.6 Å². The Kier molecular flexibility index (Phi) is 12.8. The Bertz CT molecular complexity index is 1440. The number of nitrogens with zero attached hydrogens (tertiary/aromatic N) is 6. The van der Waals surface area contributed by atoms with E-state index >= 15 is 0 Å². The Morgan fingerprint density at radius 1 is 1.04 bits per heavy atom. The molecule has 3 heterocycles. The molecular weight excluding hydrogens is 600 g/mol. The molecular formula is C31H42N6O9. The van der Waals surface area contributed by atoms with E-state index in [0.29, 0.717) is 24.6 Å². The largest absolute Gasteiger partial charge is 0.462 e. The summed E-state index contributed by atoms with van der Waals surface area (Å²) in [6.07, 6.45) is 1.97. The minimum absolute atomic E-state index is 0.0279. The van der Waals surface area contributed by atoms with Gasteiger partial charge in [-0.25, -0.2) is 9.97 Å². The molecule has 2 unspecified atom stereocenters. The topological polar surface area (TPSA) is 183 Å². The van der Waals surface area contributed by atoms with Gasteiger partial charge in [-0.3, -0.25) is 28.5 Å². The molecule has 1 aliphatic rings. The Morgan fingerprint density at radius 2 is 1.67 bits per heavy atom. The van der Waals surface area contributed by atoms with Crippen molar-refractivity contribution in [1.82, 2.24) is 19.4 Å². The highest BCUT2D eigenvalue weighted by Gasteiger charge is 2.33. The van der Waals surface area contributed by atoms with E-state index in [0.717, 1.165) is 11.8 Å². The number of likely N-dealkylation sites (tertiary alicyclic amines) is 1. The molecule has 0 radical (unpaired) electrons. The summed E-state index contributed by atoms with van der Waals surface area (Å²) in [6.45, 7) is 8.48. The van der Waals surface area contributed by atoms with Gasteiger partial charge in [0.1, 0.15) is 37.4 Å². The number of aromatic nitrogens is 3. The molecule has 0 aromatic carbocycles. The second kappa shape index (κ2) is 16.5. The quantitative estimate of drug-likeness (QED) is 0.217. The molecule has 250 valence electrons. The fourth-order valence-corrected chi connectivity index (χ4v) is 5.36. The molecule has 1 aliphatic heterocycles. The molecule has 0 bridgehead atoms. The van der Waals surface area contributed by atoms with Gasteiger partial charge in [0.2, 0.25) is 5.91 Å². The Morgan fingerprint density at radius 3 is 2.28 bits per heavy atom. The number of ether oxygens (including phenoxy) is 4. The van der Waals surface area contributed by atoms with Crippen LogP contribution in [0.3, 0.4) is 0 Å². The number of fused-ring (bicyclic) bond motifs is 1. The van der Waals surface area contributed by atoms with Crippen molar-refractivity contribution in [3.05, 3.63) is 18.6 Å². The van der Waals surface area contributed by atoms with Gasteiger partial charge in [0.05, 0.1) is 17.5 Å². The van der Waals surface area contributed by atoms with Crippen LogP contribution in [0, 0.1) is 23.2 Å². The molecule has 2 aromatic rings. The minimum atomic E-state index is -0.973. The minimum Gasteiger partial charge on any atom is -0.462 e. The van der Waals surface area contributed by atoms with Crippen molar-refractivity contribution in [1.29, 1.82) is 5.26 Å². The first-order valence-electron chi connectivity index (χ1n) is 15.1. The lowest BCUT2D eigenvalue weighted by atomic mass is 9.92. The maximum atomic E-state index is 12.8. The van der Waals surface area contributed by atoms with E-state index in [1.165, 1.54) is 20.2 Å². The van der Waals surface area contributed by atoms with Crippen LogP contribution < -0.4 is 4.90 Å². The zero-order chi connectivity index (χ0) is 34.0. The van der Waals surface area contributed by atoms with Gasteiger partial charge in [-0.1, -0.05) is 13.8 Å². The van der Waals surface area contributed by atoms with E-state index in [9.17, 15) is 24.0 Å². The normalized spacial score (nSPS) is 17.5. The Hall–Kier alpha value is -4.74. The van der Waals surface area contributed by atoms with Gasteiger partial charge in [-0.05, 0) is 31.2 Å². The van der Waals surface area contributed by atoms with E-state index in [1.54, 1.807) is 29.5 Å². The first-order chi connectivity index (χ1) is 21.8. The number of hydrogen-bond donors (Lipinski definition) is 0. The number of likely N-dealkylation sites (N-methyl/N-ethyl adjacent to an activating group) is 1. The third-order valence-corrected chi connectivity index (χ3v) is 7.79. The third kappa shape index (κ3) is 9.88. The summed E-state index contributed by atoms with van der Waals surface area (Å²) >= 11 is 0. The number of hydrogen-bond acceptors (Lipinski definition) is 13. The molecule has 1 amide bonds. The maximum Gasteiger partial charge on any atom is 0.307 e. The van der Waals surface area contributed by atoms with Gasteiger partial charge >= 0.3 is 23.9 Å². The summed E-state index contributed by atoms with van der Waals surface area (Å²) in [5.74, 6) is -2.00. The average Bonchev–Trinajstić information content (AvgIpc) is 3.43. The lowest BCUT2D eigenvalue weighted by molar-refractivity contribution is -0.166. The zero-order valence-corrected chi connectivity index (χ0v) is 27.1. The van der Waals surface area contributed by atoms with E-state index in [4.69, 9.17) is 24.2 Å². The summed E-state index contributed by atoms with van der Waals surface area (Å²) in [7, 11) is 1.92. The van der Waals surface area contributed by atoms with Gasteiger partial charge in [0.25, 0.3) is 0 Å². The molecule has 1 saturated heterocycles. The fourth-order valence-electron chi connectivity index (χ4n) is 5.36. The molecule has 0 saturated carbocycles. The Labute approximate surface area is 267 Å². The summed E-state index contributed by atoms with van der Waals surface area (Å²) in [4.78, 5) is 72.7. The molecule has 2 aromatic heterocycles. The van der Waals surface area contributed by atoms with Crippen molar-refractivity contribution < 1.29 is 42.9 Å². The maximum absolute atomic E-state index is 12.8. The number of nitriles is 1. The van der Waals surface area contributed by atoms with Crippen LogP contribution in [0.2, 0.25) is 0 Å². The molecule has 15 heteroatoms. The lowest BCUT2D eigenvalue weighted by Gasteiger charge is -2.42. The summed E-state index contributed by atoms with van der Waals surface area (Å²) in [5, 5.41) is 9.70. The summed E-state index contributed by atoms with van der Waals surface area (Å²) in [5.41, 5.74) is 0.557. The number of anilines is 1. The van der Waals surface area contributed by atoms with E-state index in [1.807, 2.05) is 24.1 Å². The summed E-state index contributed by atoms with van der Waals surface area (Å²) in [6, 6.07) is 3.75. The number of piperidine rings is 1. The zero-order valence-electron chi connectivity index (χ0n) is 27.1. The van der Waals surface area contributed by atoms with E-state index in [2.05, 4.69) is 16.9 Å². The highest BCUT2D eigenvalue weighted by atomic mass is 16.6.